The predicted octanol–water partition coefficient (Wildman–Crippen LogP) is 14.2. The van der Waals surface area contributed by atoms with Gasteiger partial charge in [0, 0.05) is 22.1 Å². The molecule has 60 heavy (non-hydrogen) atoms. The van der Waals surface area contributed by atoms with Gasteiger partial charge in [0.15, 0.2) is 17.5 Å². The Kier molecular flexibility index (Phi) is 7.49. The maximum Gasteiger partial charge on any atom is 0.164 e. The van der Waals surface area contributed by atoms with Gasteiger partial charge in [0.25, 0.3) is 0 Å². The minimum absolute atomic E-state index is 0.0910. The van der Waals surface area contributed by atoms with Crippen molar-refractivity contribution in [2.45, 2.75) is 37.5 Å². The topological polar surface area (TPSA) is 38.7 Å². The van der Waals surface area contributed by atoms with Crippen molar-refractivity contribution in [3.63, 3.8) is 0 Å². The molecule has 0 amide bonds. The monoisotopic (exact) mass is 769 g/mol. The third-order valence-electron chi connectivity index (χ3n) is 14.9. The highest BCUT2D eigenvalue weighted by Gasteiger charge is 2.62. The van der Waals surface area contributed by atoms with Crippen molar-refractivity contribution >= 4 is 21.5 Å². The average molecular weight is 770 g/mol. The molecule has 0 saturated heterocycles. The van der Waals surface area contributed by atoms with Crippen LogP contribution in [0.1, 0.15) is 43.2 Å². The fourth-order valence-electron chi connectivity index (χ4n) is 12.6. The molecule has 8 aromatic carbocycles. The lowest BCUT2D eigenvalue weighted by atomic mass is 9.43. The minimum Gasteiger partial charge on any atom is -0.208 e. The van der Waals surface area contributed by atoms with Crippen molar-refractivity contribution < 1.29 is 0 Å². The van der Waals surface area contributed by atoms with E-state index in [1.54, 1.807) is 11.1 Å². The van der Waals surface area contributed by atoms with E-state index >= 15 is 0 Å². The molecular weight excluding hydrogens is 727 g/mol. The summed E-state index contributed by atoms with van der Waals surface area (Å²) in [5.41, 5.74) is 14.1. The maximum absolute atomic E-state index is 5.16. The molecule has 0 radical (unpaired) electrons. The Morgan fingerprint density at radius 2 is 0.883 bits per heavy atom. The van der Waals surface area contributed by atoms with Crippen LogP contribution in [-0.2, 0) is 5.41 Å². The summed E-state index contributed by atoms with van der Waals surface area (Å²) in [4.78, 5) is 15.3. The van der Waals surface area contributed by atoms with E-state index in [4.69, 9.17) is 15.0 Å². The second-order valence-electron chi connectivity index (χ2n) is 18.0. The van der Waals surface area contributed by atoms with E-state index in [2.05, 4.69) is 158 Å². The number of nitrogens with zero attached hydrogens (tertiary/aromatic N) is 3. The Hall–Kier alpha value is -6.71. The predicted molar refractivity (Wildman–Crippen MR) is 245 cm³/mol. The summed E-state index contributed by atoms with van der Waals surface area (Å²) in [5, 5.41) is 5.19. The third-order valence-corrected chi connectivity index (χ3v) is 14.9. The van der Waals surface area contributed by atoms with Gasteiger partial charge in [0.2, 0.25) is 0 Å². The normalized spacial score (nSPS) is 22.1. The number of aromatic nitrogens is 3. The number of fused-ring (bicyclic) bond motifs is 6. The molecule has 1 aromatic heterocycles. The van der Waals surface area contributed by atoms with Gasteiger partial charge in [-0.15, -0.1) is 0 Å². The second-order valence-corrected chi connectivity index (χ2v) is 18.0. The van der Waals surface area contributed by atoms with Crippen LogP contribution in [0.5, 0.6) is 0 Å². The van der Waals surface area contributed by atoms with Gasteiger partial charge in [-0.1, -0.05) is 158 Å². The van der Waals surface area contributed by atoms with E-state index in [0.717, 1.165) is 34.1 Å². The molecule has 4 saturated carbocycles. The molecule has 0 unspecified atom stereocenters. The SMILES string of the molecule is c1ccc(-c2ccc(-c3nc(-c4ccccc4)nc(-c4ccc5ccc(-c6cc7ccccc7c7c6-c6ccccc6C76C7CC8CC(C7)CC6C8)cc5c4)n3)cc2)cc1. The van der Waals surface area contributed by atoms with Crippen molar-refractivity contribution in [2.75, 3.05) is 0 Å². The largest absolute Gasteiger partial charge is 0.208 e. The van der Waals surface area contributed by atoms with Crippen LogP contribution in [0.3, 0.4) is 0 Å². The lowest BCUT2D eigenvalue weighted by Crippen LogP contribution is -2.55. The molecule has 286 valence electrons. The van der Waals surface area contributed by atoms with Crippen LogP contribution < -0.4 is 0 Å². The van der Waals surface area contributed by atoms with Crippen molar-refractivity contribution in [2.24, 2.45) is 23.7 Å². The van der Waals surface area contributed by atoms with Gasteiger partial charge < -0.3 is 0 Å². The molecule has 1 heterocycles. The Bertz CT molecular complexity index is 3120. The minimum atomic E-state index is 0.0910. The first-order valence-electron chi connectivity index (χ1n) is 21.9. The molecule has 3 heteroatoms. The molecule has 9 aromatic rings. The molecule has 0 N–H and O–H groups in total. The molecule has 0 atom stereocenters. The van der Waals surface area contributed by atoms with Crippen LogP contribution >= 0.6 is 0 Å². The molecule has 4 fully saturated rings. The van der Waals surface area contributed by atoms with Gasteiger partial charge in [-0.2, -0.15) is 0 Å². The molecular formula is C57H43N3. The van der Waals surface area contributed by atoms with E-state index in [-0.39, 0.29) is 5.41 Å². The number of hydrogen-bond donors (Lipinski definition) is 0. The van der Waals surface area contributed by atoms with Gasteiger partial charge in [-0.05, 0) is 140 Å². The molecule has 5 aliphatic carbocycles. The summed E-state index contributed by atoms with van der Waals surface area (Å²) in [5.74, 6) is 5.23. The van der Waals surface area contributed by atoms with E-state index in [1.807, 2.05) is 18.2 Å². The van der Waals surface area contributed by atoms with Crippen LogP contribution in [-0.4, -0.2) is 15.0 Å². The summed E-state index contributed by atoms with van der Waals surface area (Å²) < 4.78 is 0. The number of rotatable bonds is 5. The number of hydrogen-bond acceptors (Lipinski definition) is 3. The molecule has 0 aliphatic heterocycles. The average Bonchev–Trinajstić information content (AvgIpc) is 3.62. The fourth-order valence-corrected chi connectivity index (χ4v) is 12.6. The highest BCUT2D eigenvalue weighted by Crippen LogP contribution is 2.71. The van der Waals surface area contributed by atoms with E-state index in [9.17, 15) is 0 Å². The first-order valence-corrected chi connectivity index (χ1v) is 21.9. The molecule has 1 spiro atoms. The van der Waals surface area contributed by atoms with Crippen molar-refractivity contribution in [3.8, 4) is 67.5 Å². The molecule has 4 bridgehead atoms. The summed E-state index contributed by atoms with van der Waals surface area (Å²) in [7, 11) is 0. The first-order chi connectivity index (χ1) is 29.7. The Morgan fingerprint density at radius 3 is 1.60 bits per heavy atom. The van der Waals surface area contributed by atoms with Crippen molar-refractivity contribution in [1.82, 2.24) is 15.0 Å². The van der Waals surface area contributed by atoms with Crippen LogP contribution in [0.2, 0.25) is 0 Å². The maximum atomic E-state index is 5.16. The Morgan fingerprint density at radius 1 is 0.367 bits per heavy atom. The van der Waals surface area contributed by atoms with Gasteiger partial charge in [-0.3, -0.25) is 0 Å². The standard InChI is InChI=1S/C57H43N3/c1-3-11-37(12-4-1)38-19-23-41(24-20-38)55-58-54(40-13-5-2-6-14-40)59-56(60-55)44-26-22-39-21-25-43(32-45(39)33-44)50-34-42-15-7-8-16-48(42)53-52(50)49-17-9-10-18-51(49)57(53)46-28-35-27-36(30-46)31-47(57)29-35/h1-26,32-36,46-47H,27-31H2. The zero-order valence-electron chi connectivity index (χ0n) is 33.4. The lowest BCUT2D eigenvalue weighted by molar-refractivity contribution is -0.0393. The molecule has 14 rings (SSSR count). The summed E-state index contributed by atoms with van der Waals surface area (Å²) in [6, 6.07) is 64.3. The summed E-state index contributed by atoms with van der Waals surface area (Å²) >= 11 is 0. The zero-order valence-corrected chi connectivity index (χ0v) is 33.4. The lowest BCUT2D eigenvalue weighted by Gasteiger charge is -2.61. The summed E-state index contributed by atoms with van der Waals surface area (Å²) in [6.45, 7) is 0. The Labute approximate surface area is 350 Å². The van der Waals surface area contributed by atoms with Gasteiger partial charge in [-0.25, -0.2) is 15.0 Å². The van der Waals surface area contributed by atoms with Gasteiger partial charge >= 0.3 is 0 Å². The molecule has 3 nitrogen and oxygen atoms in total. The fraction of sp³-hybridized carbons (Fsp3) is 0.175. The first kappa shape index (κ1) is 34.2. The quantitative estimate of drug-likeness (QED) is 0.175. The van der Waals surface area contributed by atoms with Crippen LogP contribution in [0.15, 0.2) is 176 Å². The smallest absolute Gasteiger partial charge is 0.164 e. The van der Waals surface area contributed by atoms with Gasteiger partial charge in [0.05, 0.1) is 0 Å². The highest BCUT2D eigenvalue weighted by molar-refractivity contribution is 6.06. The van der Waals surface area contributed by atoms with E-state index in [1.165, 1.54) is 81.5 Å². The second kappa shape index (κ2) is 13.1. The zero-order chi connectivity index (χ0) is 39.4. The molecule has 5 aliphatic rings. The number of benzene rings is 8. The van der Waals surface area contributed by atoms with Crippen molar-refractivity contribution in [3.05, 3.63) is 187 Å². The van der Waals surface area contributed by atoms with Gasteiger partial charge in [0.1, 0.15) is 0 Å². The van der Waals surface area contributed by atoms with Crippen molar-refractivity contribution in [1.29, 1.82) is 0 Å². The highest BCUT2D eigenvalue weighted by atomic mass is 15.0. The van der Waals surface area contributed by atoms with Crippen LogP contribution in [0.25, 0.3) is 89.1 Å². The Balaban J connectivity index is 0.967. The van der Waals surface area contributed by atoms with E-state index < -0.39 is 0 Å². The van der Waals surface area contributed by atoms with E-state index in [0.29, 0.717) is 29.3 Å². The summed E-state index contributed by atoms with van der Waals surface area (Å²) in [6.07, 6.45) is 6.96. The van der Waals surface area contributed by atoms with Crippen LogP contribution in [0, 0.1) is 23.7 Å². The third kappa shape index (κ3) is 5.11. The van der Waals surface area contributed by atoms with Crippen LogP contribution in [0.4, 0.5) is 0 Å².